The highest BCUT2D eigenvalue weighted by Gasteiger charge is 2.24. The maximum atomic E-state index is 12.6. The largest absolute Gasteiger partial charge is 0.397 e. The number of aromatic nitrogens is 1. The standard InChI is InChI=1S/C15H19N3OS/c1-9-8-10(2)17-14-11(9)12(16)13(20-14)15(19)18-6-4-3-5-7-18/h8H,3-7,16H2,1-2H3. The summed E-state index contributed by atoms with van der Waals surface area (Å²) in [5, 5.41) is 0.945. The third-order valence-electron chi connectivity index (χ3n) is 3.86. The summed E-state index contributed by atoms with van der Waals surface area (Å²) in [7, 11) is 0. The van der Waals surface area contributed by atoms with E-state index in [1.165, 1.54) is 17.8 Å². The molecule has 0 unspecified atom stereocenters. The molecule has 5 heteroatoms. The Hall–Kier alpha value is -1.62. The van der Waals surface area contributed by atoms with E-state index >= 15 is 0 Å². The number of thiophene rings is 1. The molecule has 1 aliphatic heterocycles. The number of likely N-dealkylation sites (tertiary alicyclic amines) is 1. The number of rotatable bonds is 1. The number of amides is 1. The van der Waals surface area contributed by atoms with Crippen molar-refractivity contribution in [2.45, 2.75) is 33.1 Å². The van der Waals surface area contributed by atoms with Crippen LogP contribution in [0.4, 0.5) is 5.69 Å². The van der Waals surface area contributed by atoms with Gasteiger partial charge >= 0.3 is 0 Å². The number of piperidine rings is 1. The fourth-order valence-corrected chi connectivity index (χ4v) is 4.05. The second kappa shape index (κ2) is 5.05. The van der Waals surface area contributed by atoms with E-state index in [4.69, 9.17) is 5.73 Å². The average Bonchev–Trinajstić information content (AvgIpc) is 2.76. The molecule has 3 rings (SSSR count). The molecule has 0 aromatic carbocycles. The van der Waals surface area contributed by atoms with Crippen molar-refractivity contribution in [2.75, 3.05) is 18.8 Å². The van der Waals surface area contributed by atoms with Crippen molar-refractivity contribution < 1.29 is 4.79 Å². The zero-order chi connectivity index (χ0) is 14.3. The smallest absolute Gasteiger partial charge is 0.266 e. The summed E-state index contributed by atoms with van der Waals surface area (Å²) in [6.07, 6.45) is 3.39. The van der Waals surface area contributed by atoms with Crippen LogP contribution in [0.3, 0.4) is 0 Å². The SMILES string of the molecule is Cc1cc(C)c2c(N)c(C(=O)N3CCCCC3)sc2n1. The highest BCUT2D eigenvalue weighted by Crippen LogP contribution is 2.36. The molecule has 2 N–H and O–H groups in total. The van der Waals surface area contributed by atoms with Crippen molar-refractivity contribution in [1.29, 1.82) is 0 Å². The minimum Gasteiger partial charge on any atom is -0.397 e. The van der Waals surface area contributed by atoms with Gasteiger partial charge in [0.2, 0.25) is 0 Å². The van der Waals surface area contributed by atoms with E-state index in [9.17, 15) is 4.79 Å². The Morgan fingerprint density at radius 1 is 1.30 bits per heavy atom. The highest BCUT2D eigenvalue weighted by molar-refractivity contribution is 7.21. The molecule has 1 fully saturated rings. The molecule has 3 heterocycles. The number of aryl methyl sites for hydroxylation is 2. The topological polar surface area (TPSA) is 59.2 Å². The fourth-order valence-electron chi connectivity index (χ4n) is 2.87. The minimum absolute atomic E-state index is 0.0715. The first-order valence-electron chi connectivity index (χ1n) is 7.03. The Labute approximate surface area is 122 Å². The van der Waals surface area contributed by atoms with E-state index in [2.05, 4.69) is 4.98 Å². The number of pyridine rings is 1. The van der Waals surface area contributed by atoms with Gasteiger partial charge in [-0.25, -0.2) is 4.98 Å². The minimum atomic E-state index is 0.0715. The molecular formula is C15H19N3OS. The zero-order valence-electron chi connectivity index (χ0n) is 11.9. The lowest BCUT2D eigenvalue weighted by Crippen LogP contribution is -2.35. The van der Waals surface area contributed by atoms with Crippen LogP contribution in [-0.4, -0.2) is 28.9 Å². The number of nitrogen functional groups attached to an aromatic ring is 1. The Morgan fingerprint density at radius 2 is 2.00 bits per heavy atom. The second-order valence-electron chi connectivity index (χ2n) is 5.46. The molecule has 0 spiro atoms. The van der Waals surface area contributed by atoms with Crippen LogP contribution in [0.5, 0.6) is 0 Å². The summed E-state index contributed by atoms with van der Waals surface area (Å²) < 4.78 is 0. The number of carbonyl (C=O) groups is 1. The van der Waals surface area contributed by atoms with Gasteiger partial charge in [0, 0.05) is 24.2 Å². The first kappa shape index (κ1) is 13.4. The lowest BCUT2D eigenvalue weighted by molar-refractivity contribution is 0.0730. The first-order valence-corrected chi connectivity index (χ1v) is 7.85. The molecule has 0 radical (unpaired) electrons. The number of carbonyl (C=O) groups excluding carboxylic acids is 1. The van der Waals surface area contributed by atoms with E-state index in [0.717, 1.165) is 47.4 Å². The van der Waals surface area contributed by atoms with Gasteiger partial charge in [0.25, 0.3) is 5.91 Å². The van der Waals surface area contributed by atoms with Crippen molar-refractivity contribution in [2.24, 2.45) is 0 Å². The van der Waals surface area contributed by atoms with Gasteiger partial charge < -0.3 is 10.6 Å². The van der Waals surface area contributed by atoms with E-state index in [-0.39, 0.29) is 5.91 Å². The maximum absolute atomic E-state index is 12.6. The summed E-state index contributed by atoms with van der Waals surface area (Å²) in [6, 6.07) is 2.01. The van der Waals surface area contributed by atoms with Gasteiger partial charge in [-0.3, -0.25) is 4.79 Å². The monoisotopic (exact) mass is 289 g/mol. The van der Waals surface area contributed by atoms with E-state index in [1.807, 2.05) is 24.8 Å². The predicted octanol–water partition coefficient (Wildman–Crippen LogP) is 3.12. The number of fused-ring (bicyclic) bond motifs is 1. The lowest BCUT2D eigenvalue weighted by Gasteiger charge is -2.26. The van der Waals surface area contributed by atoms with Crippen LogP contribution in [0.1, 0.15) is 40.2 Å². The zero-order valence-corrected chi connectivity index (χ0v) is 12.7. The summed E-state index contributed by atoms with van der Waals surface area (Å²) in [5.74, 6) is 0.0715. The van der Waals surface area contributed by atoms with Gasteiger partial charge in [-0.05, 0) is 44.7 Å². The van der Waals surface area contributed by atoms with Crippen LogP contribution in [-0.2, 0) is 0 Å². The lowest BCUT2D eigenvalue weighted by atomic mass is 10.1. The van der Waals surface area contributed by atoms with Gasteiger partial charge in [0.15, 0.2) is 0 Å². The van der Waals surface area contributed by atoms with Crippen LogP contribution in [0.2, 0.25) is 0 Å². The van der Waals surface area contributed by atoms with Crippen LogP contribution in [0.25, 0.3) is 10.2 Å². The number of hydrogen-bond donors (Lipinski definition) is 1. The normalized spacial score (nSPS) is 15.8. The third kappa shape index (κ3) is 2.16. The molecule has 0 atom stereocenters. The first-order chi connectivity index (χ1) is 9.58. The Kier molecular flexibility index (Phi) is 3.38. The Balaban J connectivity index is 2.05. The van der Waals surface area contributed by atoms with Crippen LogP contribution >= 0.6 is 11.3 Å². The van der Waals surface area contributed by atoms with Crippen molar-refractivity contribution in [1.82, 2.24) is 9.88 Å². The average molecular weight is 289 g/mol. The van der Waals surface area contributed by atoms with Crippen LogP contribution in [0.15, 0.2) is 6.07 Å². The van der Waals surface area contributed by atoms with Crippen LogP contribution in [0, 0.1) is 13.8 Å². The number of nitrogens with zero attached hydrogens (tertiary/aromatic N) is 2. The highest BCUT2D eigenvalue weighted by atomic mass is 32.1. The molecule has 1 amide bonds. The third-order valence-corrected chi connectivity index (χ3v) is 4.95. The molecule has 4 nitrogen and oxygen atoms in total. The molecule has 2 aromatic rings. The van der Waals surface area contributed by atoms with Gasteiger partial charge in [-0.15, -0.1) is 11.3 Å². The Bertz CT molecular complexity index is 671. The quantitative estimate of drug-likeness (QED) is 0.877. The summed E-state index contributed by atoms with van der Waals surface area (Å²) in [6.45, 7) is 5.68. The van der Waals surface area contributed by atoms with Gasteiger partial charge in [0.1, 0.15) is 9.71 Å². The molecule has 1 saturated heterocycles. The summed E-state index contributed by atoms with van der Waals surface area (Å²) in [4.78, 5) is 20.6. The molecule has 106 valence electrons. The Morgan fingerprint density at radius 3 is 2.70 bits per heavy atom. The van der Waals surface area contributed by atoms with Crippen molar-refractivity contribution in [3.05, 3.63) is 22.2 Å². The summed E-state index contributed by atoms with van der Waals surface area (Å²) >= 11 is 1.43. The number of hydrogen-bond acceptors (Lipinski definition) is 4. The molecule has 1 aliphatic rings. The summed E-state index contributed by atoms with van der Waals surface area (Å²) in [5.41, 5.74) is 8.88. The predicted molar refractivity (Wildman–Crippen MR) is 83.3 cm³/mol. The van der Waals surface area contributed by atoms with Crippen LogP contribution < -0.4 is 5.73 Å². The van der Waals surface area contributed by atoms with Crippen molar-refractivity contribution in [3.63, 3.8) is 0 Å². The maximum Gasteiger partial charge on any atom is 0.266 e. The van der Waals surface area contributed by atoms with E-state index in [0.29, 0.717) is 10.6 Å². The van der Waals surface area contributed by atoms with Gasteiger partial charge in [-0.1, -0.05) is 0 Å². The number of nitrogens with two attached hydrogens (primary N) is 1. The van der Waals surface area contributed by atoms with Gasteiger partial charge in [-0.2, -0.15) is 0 Å². The van der Waals surface area contributed by atoms with E-state index in [1.54, 1.807) is 0 Å². The fraction of sp³-hybridized carbons (Fsp3) is 0.467. The second-order valence-corrected chi connectivity index (χ2v) is 6.46. The van der Waals surface area contributed by atoms with Gasteiger partial charge in [0.05, 0.1) is 5.69 Å². The molecule has 0 saturated carbocycles. The van der Waals surface area contributed by atoms with Crippen molar-refractivity contribution in [3.8, 4) is 0 Å². The molecular weight excluding hydrogens is 270 g/mol. The van der Waals surface area contributed by atoms with Crippen molar-refractivity contribution >= 4 is 33.1 Å². The molecule has 0 bridgehead atoms. The molecule has 20 heavy (non-hydrogen) atoms. The van der Waals surface area contributed by atoms with E-state index < -0.39 is 0 Å². The number of anilines is 1. The molecule has 0 aliphatic carbocycles. The molecule has 2 aromatic heterocycles.